The van der Waals surface area contributed by atoms with Gasteiger partial charge in [0.15, 0.2) is 5.96 Å². The first-order valence-corrected chi connectivity index (χ1v) is 11.8. The zero-order valence-corrected chi connectivity index (χ0v) is 22.7. The van der Waals surface area contributed by atoms with Gasteiger partial charge in [0, 0.05) is 65.4 Å². The summed E-state index contributed by atoms with van der Waals surface area (Å²) >= 11 is 0. The van der Waals surface area contributed by atoms with Crippen molar-refractivity contribution in [2.75, 3.05) is 60.4 Å². The Morgan fingerprint density at radius 3 is 2.12 bits per heavy atom. The number of guanidine groups is 1. The van der Waals surface area contributed by atoms with E-state index in [9.17, 15) is 0 Å². The van der Waals surface area contributed by atoms with Crippen molar-refractivity contribution in [2.24, 2.45) is 4.99 Å². The molecule has 1 saturated heterocycles. The second kappa shape index (κ2) is 15.3. The van der Waals surface area contributed by atoms with E-state index in [1.54, 1.807) is 0 Å². The van der Waals surface area contributed by atoms with Crippen LogP contribution in [0.1, 0.15) is 17.5 Å². The first-order chi connectivity index (χ1) is 15.6. The van der Waals surface area contributed by atoms with Gasteiger partial charge in [0.05, 0.1) is 0 Å². The molecule has 0 bridgehead atoms. The van der Waals surface area contributed by atoms with Crippen molar-refractivity contribution in [3.63, 3.8) is 0 Å². The average molecular weight is 565 g/mol. The number of hydrogen-bond donors (Lipinski definition) is 2. The molecule has 0 aliphatic carbocycles. The molecule has 1 heterocycles. The molecular formula is C26H41IN6. The highest BCUT2D eigenvalue weighted by atomic mass is 127. The molecule has 1 unspecified atom stereocenters. The minimum atomic E-state index is 0. The third kappa shape index (κ3) is 10.00. The number of nitrogens with zero attached hydrogens (tertiary/aromatic N) is 4. The fourth-order valence-corrected chi connectivity index (χ4v) is 4.16. The van der Waals surface area contributed by atoms with Gasteiger partial charge < -0.3 is 15.5 Å². The predicted molar refractivity (Wildman–Crippen MR) is 150 cm³/mol. The molecule has 0 saturated carbocycles. The number of halogens is 1. The van der Waals surface area contributed by atoms with Crippen LogP contribution in [0.5, 0.6) is 0 Å². The Morgan fingerprint density at radius 2 is 1.55 bits per heavy atom. The molecular weight excluding hydrogens is 523 g/mol. The van der Waals surface area contributed by atoms with Crippen LogP contribution in [0.4, 0.5) is 0 Å². The molecule has 1 atom stereocenters. The summed E-state index contributed by atoms with van der Waals surface area (Å²) < 4.78 is 0. The Balaban J connectivity index is 0.00000385. The predicted octanol–water partition coefficient (Wildman–Crippen LogP) is 3.11. The molecule has 0 aromatic heterocycles. The Hall–Kier alpha value is -1.68. The minimum absolute atomic E-state index is 0. The zero-order chi connectivity index (χ0) is 22.6. The molecule has 33 heavy (non-hydrogen) atoms. The van der Waals surface area contributed by atoms with Crippen molar-refractivity contribution in [1.82, 2.24) is 25.3 Å². The Labute approximate surface area is 217 Å². The fraction of sp³-hybridized carbons (Fsp3) is 0.500. The lowest BCUT2D eigenvalue weighted by atomic mass is 10.1. The van der Waals surface area contributed by atoms with E-state index >= 15 is 0 Å². The number of nitrogens with one attached hydrogen (secondary N) is 2. The maximum atomic E-state index is 4.42. The van der Waals surface area contributed by atoms with E-state index in [0.717, 1.165) is 64.7 Å². The van der Waals surface area contributed by atoms with Crippen LogP contribution in [0.3, 0.4) is 0 Å². The van der Waals surface area contributed by atoms with E-state index < -0.39 is 0 Å². The monoisotopic (exact) mass is 564 g/mol. The van der Waals surface area contributed by atoms with Crippen LogP contribution in [0.15, 0.2) is 65.7 Å². The molecule has 2 N–H and O–H groups in total. The smallest absolute Gasteiger partial charge is 0.191 e. The maximum absolute atomic E-state index is 4.42. The highest BCUT2D eigenvalue weighted by molar-refractivity contribution is 14.0. The van der Waals surface area contributed by atoms with Crippen molar-refractivity contribution in [3.05, 3.63) is 71.8 Å². The summed E-state index contributed by atoms with van der Waals surface area (Å²) in [5.41, 5.74) is 2.71. The number of likely N-dealkylation sites (N-methyl/N-ethyl adjacent to an activating group) is 2. The summed E-state index contributed by atoms with van der Waals surface area (Å²) in [6.45, 7) is 8.12. The van der Waals surface area contributed by atoms with Gasteiger partial charge in [-0.25, -0.2) is 0 Å². The Morgan fingerprint density at radius 1 is 0.939 bits per heavy atom. The number of piperazine rings is 1. The van der Waals surface area contributed by atoms with Crippen molar-refractivity contribution in [3.8, 4) is 0 Å². The molecule has 0 spiro atoms. The molecule has 1 aliphatic heterocycles. The lowest BCUT2D eigenvalue weighted by Gasteiger charge is -2.37. The summed E-state index contributed by atoms with van der Waals surface area (Å²) in [5.74, 6) is 0.893. The molecule has 0 radical (unpaired) electrons. The first-order valence-electron chi connectivity index (χ1n) is 11.8. The number of rotatable bonds is 10. The van der Waals surface area contributed by atoms with Gasteiger partial charge in [-0.05, 0) is 31.6 Å². The maximum Gasteiger partial charge on any atom is 0.191 e. The van der Waals surface area contributed by atoms with Gasteiger partial charge in [-0.15, -0.1) is 24.0 Å². The van der Waals surface area contributed by atoms with E-state index in [-0.39, 0.29) is 24.0 Å². The minimum Gasteiger partial charge on any atom is -0.356 e. The van der Waals surface area contributed by atoms with E-state index in [2.05, 4.69) is 105 Å². The van der Waals surface area contributed by atoms with E-state index in [1.165, 1.54) is 11.1 Å². The molecule has 1 fully saturated rings. The van der Waals surface area contributed by atoms with Crippen molar-refractivity contribution in [2.45, 2.75) is 25.6 Å². The molecule has 6 nitrogen and oxygen atoms in total. The molecule has 182 valence electrons. The quantitative estimate of drug-likeness (QED) is 0.201. The highest BCUT2D eigenvalue weighted by Crippen LogP contribution is 2.10. The van der Waals surface area contributed by atoms with Crippen LogP contribution in [0.2, 0.25) is 0 Å². The number of aliphatic imine (C=N–C) groups is 1. The van der Waals surface area contributed by atoms with Crippen LogP contribution in [-0.4, -0.2) is 87.1 Å². The van der Waals surface area contributed by atoms with Crippen LogP contribution in [-0.2, 0) is 13.1 Å². The molecule has 1 aliphatic rings. The van der Waals surface area contributed by atoms with Crippen molar-refractivity contribution < 1.29 is 0 Å². The largest absolute Gasteiger partial charge is 0.356 e. The average Bonchev–Trinajstić information content (AvgIpc) is 2.82. The van der Waals surface area contributed by atoms with Gasteiger partial charge in [0.1, 0.15) is 0 Å². The van der Waals surface area contributed by atoms with Gasteiger partial charge in [-0.3, -0.25) is 14.8 Å². The van der Waals surface area contributed by atoms with Gasteiger partial charge in [-0.1, -0.05) is 60.7 Å². The third-order valence-electron chi connectivity index (χ3n) is 6.15. The van der Waals surface area contributed by atoms with E-state index in [4.69, 9.17) is 0 Å². The normalized spacial score (nSPS) is 17.6. The Bertz CT molecular complexity index is 759. The van der Waals surface area contributed by atoms with E-state index in [0.29, 0.717) is 6.04 Å². The summed E-state index contributed by atoms with van der Waals surface area (Å²) in [6, 6.07) is 22.0. The molecule has 2 aromatic rings. The van der Waals surface area contributed by atoms with Gasteiger partial charge in [0.25, 0.3) is 0 Å². The lowest BCUT2D eigenvalue weighted by Crippen LogP contribution is -2.55. The summed E-state index contributed by atoms with van der Waals surface area (Å²) in [6.07, 6.45) is 1.06. The second-order valence-corrected chi connectivity index (χ2v) is 8.81. The zero-order valence-electron chi connectivity index (χ0n) is 20.4. The summed E-state index contributed by atoms with van der Waals surface area (Å²) in [7, 11) is 6.26. The van der Waals surface area contributed by atoms with Crippen molar-refractivity contribution in [1.29, 1.82) is 0 Å². The van der Waals surface area contributed by atoms with Crippen LogP contribution >= 0.6 is 24.0 Å². The molecule has 0 amide bonds. The van der Waals surface area contributed by atoms with Crippen LogP contribution in [0, 0.1) is 0 Å². The highest BCUT2D eigenvalue weighted by Gasteiger charge is 2.22. The summed E-state index contributed by atoms with van der Waals surface area (Å²) in [4.78, 5) is 11.8. The number of hydrogen-bond acceptors (Lipinski definition) is 4. The Kier molecular flexibility index (Phi) is 12.8. The molecule has 2 aromatic carbocycles. The fourth-order valence-electron chi connectivity index (χ4n) is 4.16. The van der Waals surface area contributed by atoms with Crippen LogP contribution < -0.4 is 10.6 Å². The van der Waals surface area contributed by atoms with Gasteiger partial charge in [-0.2, -0.15) is 0 Å². The lowest BCUT2D eigenvalue weighted by molar-refractivity contribution is 0.116. The first kappa shape index (κ1) is 27.6. The van der Waals surface area contributed by atoms with Crippen molar-refractivity contribution >= 4 is 29.9 Å². The SMILES string of the molecule is CN=C(NCCCN(Cc1ccccc1)Cc1ccccc1)NCC1CN(C)CCN1C.I. The number of benzene rings is 2. The van der Waals surface area contributed by atoms with Crippen LogP contribution in [0.25, 0.3) is 0 Å². The van der Waals surface area contributed by atoms with E-state index in [1.807, 2.05) is 7.05 Å². The third-order valence-corrected chi connectivity index (χ3v) is 6.15. The molecule has 3 rings (SSSR count). The molecule has 7 heteroatoms. The standard InChI is InChI=1S/C26H40N6.HI/c1-27-26(29-19-25-22-30(2)17-18-31(25)3)28-15-10-16-32(20-23-11-6-4-7-12-23)21-24-13-8-5-9-14-24;/h4-9,11-14,25H,10,15-22H2,1-3H3,(H2,27,28,29);1H. The second-order valence-electron chi connectivity index (χ2n) is 8.81. The summed E-state index contributed by atoms with van der Waals surface area (Å²) in [5, 5.41) is 7.01. The van der Waals surface area contributed by atoms with Gasteiger partial charge in [0.2, 0.25) is 0 Å². The topological polar surface area (TPSA) is 46.1 Å². The van der Waals surface area contributed by atoms with Gasteiger partial charge >= 0.3 is 0 Å².